The fourth-order valence-corrected chi connectivity index (χ4v) is 2.96. The minimum absolute atomic E-state index is 0.685. The van der Waals surface area contributed by atoms with E-state index in [1.807, 2.05) is 60.7 Å². The van der Waals surface area contributed by atoms with E-state index in [0.717, 1.165) is 34.2 Å². The number of hydrogen-bond donors (Lipinski definition) is 0. The van der Waals surface area contributed by atoms with Crippen LogP contribution >= 0.6 is 0 Å². The summed E-state index contributed by atoms with van der Waals surface area (Å²) in [5.41, 5.74) is 5.11. The number of amidine groups is 1. The highest BCUT2D eigenvalue weighted by molar-refractivity contribution is 6.18. The predicted octanol–water partition coefficient (Wildman–Crippen LogP) is 5.38. The molecular weight excluding hydrogens is 306 g/mol. The van der Waals surface area contributed by atoms with Gasteiger partial charge in [-0.3, -0.25) is 4.99 Å². The van der Waals surface area contributed by atoms with Crippen molar-refractivity contribution in [1.29, 1.82) is 0 Å². The van der Waals surface area contributed by atoms with Gasteiger partial charge in [0, 0.05) is 19.2 Å². The molecular formula is C22H19N3. The zero-order chi connectivity index (χ0) is 17.1. The van der Waals surface area contributed by atoms with E-state index in [4.69, 9.17) is 9.98 Å². The van der Waals surface area contributed by atoms with Gasteiger partial charge in [0.2, 0.25) is 0 Å². The predicted molar refractivity (Wildman–Crippen MR) is 106 cm³/mol. The van der Waals surface area contributed by atoms with E-state index in [-0.39, 0.29) is 0 Å². The van der Waals surface area contributed by atoms with Crippen LogP contribution in [0.4, 0.5) is 17.1 Å². The Balaban J connectivity index is 1.81. The van der Waals surface area contributed by atoms with Gasteiger partial charge in [0.25, 0.3) is 0 Å². The Kier molecular flexibility index (Phi) is 4.13. The summed E-state index contributed by atoms with van der Waals surface area (Å²) in [6, 6.07) is 28.7. The van der Waals surface area contributed by atoms with Gasteiger partial charge in [-0.15, -0.1) is 0 Å². The van der Waals surface area contributed by atoms with Crippen molar-refractivity contribution >= 4 is 28.6 Å². The van der Waals surface area contributed by atoms with Crippen molar-refractivity contribution in [2.24, 2.45) is 9.98 Å². The van der Waals surface area contributed by atoms with E-state index in [2.05, 4.69) is 36.2 Å². The summed E-state index contributed by atoms with van der Waals surface area (Å²) in [5, 5.41) is 0. The van der Waals surface area contributed by atoms with Crippen LogP contribution in [0.3, 0.4) is 0 Å². The minimum atomic E-state index is 0.685. The van der Waals surface area contributed by atoms with Gasteiger partial charge in [0.1, 0.15) is 5.84 Å². The van der Waals surface area contributed by atoms with Gasteiger partial charge in [-0.2, -0.15) is 0 Å². The molecule has 3 heteroatoms. The minimum Gasteiger partial charge on any atom is -0.333 e. The SMILES string of the molecule is CN(C1=Nc2ccccc2N=C(c2ccccc2)C1)c1ccccc1. The number of aliphatic imine (C=N–C) groups is 2. The van der Waals surface area contributed by atoms with E-state index in [0.29, 0.717) is 6.42 Å². The van der Waals surface area contributed by atoms with Gasteiger partial charge < -0.3 is 4.90 Å². The van der Waals surface area contributed by atoms with Crippen molar-refractivity contribution in [3.8, 4) is 0 Å². The van der Waals surface area contributed by atoms with E-state index in [1.165, 1.54) is 0 Å². The Morgan fingerprint density at radius 1 is 0.680 bits per heavy atom. The molecule has 1 heterocycles. The van der Waals surface area contributed by atoms with Crippen LogP contribution in [0, 0.1) is 0 Å². The van der Waals surface area contributed by atoms with Crippen molar-refractivity contribution in [1.82, 2.24) is 0 Å². The quantitative estimate of drug-likeness (QED) is 0.622. The normalized spacial score (nSPS) is 13.3. The molecule has 0 N–H and O–H groups in total. The van der Waals surface area contributed by atoms with E-state index >= 15 is 0 Å². The van der Waals surface area contributed by atoms with Gasteiger partial charge in [0.05, 0.1) is 17.1 Å². The second-order valence-corrected chi connectivity index (χ2v) is 6.01. The highest BCUT2D eigenvalue weighted by atomic mass is 15.2. The fraction of sp³-hybridized carbons (Fsp3) is 0.0909. The lowest BCUT2D eigenvalue weighted by molar-refractivity contribution is 1.21. The van der Waals surface area contributed by atoms with Gasteiger partial charge in [-0.1, -0.05) is 60.7 Å². The molecule has 4 rings (SSSR count). The van der Waals surface area contributed by atoms with Crippen LogP contribution < -0.4 is 4.90 Å². The van der Waals surface area contributed by atoms with Crippen LogP contribution in [0.25, 0.3) is 0 Å². The second-order valence-electron chi connectivity index (χ2n) is 6.01. The molecule has 0 amide bonds. The summed E-state index contributed by atoms with van der Waals surface area (Å²) in [4.78, 5) is 12.0. The molecule has 0 aliphatic carbocycles. The summed E-state index contributed by atoms with van der Waals surface area (Å²) < 4.78 is 0. The number of anilines is 1. The number of rotatable bonds is 2. The first-order valence-electron chi connectivity index (χ1n) is 8.39. The third kappa shape index (κ3) is 3.22. The third-order valence-corrected chi connectivity index (χ3v) is 4.35. The average molecular weight is 325 g/mol. The van der Waals surface area contributed by atoms with E-state index < -0.39 is 0 Å². The number of nitrogens with zero attached hydrogens (tertiary/aromatic N) is 3. The van der Waals surface area contributed by atoms with Crippen molar-refractivity contribution < 1.29 is 0 Å². The number of hydrogen-bond acceptors (Lipinski definition) is 3. The molecule has 0 saturated heterocycles. The standard InChI is InChI=1S/C22H19N3/c1-25(18-12-6-3-7-13-18)22-16-21(17-10-4-2-5-11-17)23-19-14-8-9-15-20(19)24-22/h2-15H,16H2,1H3. The fourth-order valence-electron chi connectivity index (χ4n) is 2.96. The number of benzene rings is 3. The number of para-hydroxylation sites is 3. The lowest BCUT2D eigenvalue weighted by Gasteiger charge is -2.21. The first kappa shape index (κ1) is 15.3. The number of fused-ring (bicyclic) bond motifs is 1. The summed E-state index contributed by atoms with van der Waals surface area (Å²) in [6.45, 7) is 0. The summed E-state index contributed by atoms with van der Waals surface area (Å²) in [5.74, 6) is 0.985. The van der Waals surface area contributed by atoms with Gasteiger partial charge >= 0.3 is 0 Å². The molecule has 25 heavy (non-hydrogen) atoms. The maximum absolute atomic E-state index is 4.92. The Morgan fingerprint density at radius 2 is 1.24 bits per heavy atom. The van der Waals surface area contributed by atoms with Crippen molar-refractivity contribution in [3.05, 3.63) is 90.5 Å². The maximum Gasteiger partial charge on any atom is 0.115 e. The third-order valence-electron chi connectivity index (χ3n) is 4.35. The zero-order valence-corrected chi connectivity index (χ0v) is 14.1. The molecule has 0 fully saturated rings. The van der Waals surface area contributed by atoms with E-state index in [1.54, 1.807) is 0 Å². The highest BCUT2D eigenvalue weighted by Crippen LogP contribution is 2.32. The molecule has 1 aliphatic rings. The monoisotopic (exact) mass is 325 g/mol. The Bertz CT molecular complexity index is 928. The Labute approximate surface area is 148 Å². The van der Waals surface area contributed by atoms with Crippen molar-refractivity contribution in [3.63, 3.8) is 0 Å². The summed E-state index contributed by atoms with van der Waals surface area (Å²) in [7, 11) is 2.06. The first-order valence-corrected chi connectivity index (χ1v) is 8.39. The van der Waals surface area contributed by atoms with Crippen molar-refractivity contribution in [2.45, 2.75) is 6.42 Å². The maximum atomic E-state index is 4.92. The molecule has 0 aromatic heterocycles. The molecule has 0 radical (unpaired) electrons. The van der Waals surface area contributed by atoms with Crippen LogP contribution in [0.15, 0.2) is 94.9 Å². The Morgan fingerprint density at radius 3 is 1.92 bits per heavy atom. The molecule has 0 spiro atoms. The van der Waals surface area contributed by atoms with Crippen LogP contribution in [0.1, 0.15) is 12.0 Å². The zero-order valence-electron chi connectivity index (χ0n) is 14.1. The molecule has 0 saturated carbocycles. The molecule has 0 atom stereocenters. The molecule has 1 aliphatic heterocycles. The van der Waals surface area contributed by atoms with Crippen LogP contribution in [-0.4, -0.2) is 18.6 Å². The topological polar surface area (TPSA) is 28.0 Å². The average Bonchev–Trinajstić information content (AvgIpc) is 2.88. The molecule has 122 valence electrons. The molecule has 3 nitrogen and oxygen atoms in total. The molecule has 0 unspecified atom stereocenters. The van der Waals surface area contributed by atoms with Gasteiger partial charge in [0.15, 0.2) is 0 Å². The Hall–Kier alpha value is -3.20. The van der Waals surface area contributed by atoms with Gasteiger partial charge in [-0.05, 0) is 29.8 Å². The largest absolute Gasteiger partial charge is 0.333 e. The van der Waals surface area contributed by atoms with E-state index in [9.17, 15) is 0 Å². The molecule has 0 bridgehead atoms. The van der Waals surface area contributed by atoms with Crippen LogP contribution in [-0.2, 0) is 0 Å². The second kappa shape index (κ2) is 6.73. The van der Waals surface area contributed by atoms with Gasteiger partial charge in [-0.25, -0.2) is 4.99 Å². The van der Waals surface area contributed by atoms with Crippen molar-refractivity contribution in [2.75, 3.05) is 11.9 Å². The molecule has 3 aromatic rings. The van der Waals surface area contributed by atoms with Crippen LogP contribution in [0.5, 0.6) is 0 Å². The highest BCUT2D eigenvalue weighted by Gasteiger charge is 2.18. The lowest BCUT2D eigenvalue weighted by Crippen LogP contribution is -2.28. The smallest absolute Gasteiger partial charge is 0.115 e. The lowest BCUT2D eigenvalue weighted by atomic mass is 10.1. The van der Waals surface area contributed by atoms with Crippen LogP contribution in [0.2, 0.25) is 0 Å². The first-order chi connectivity index (χ1) is 12.3. The summed E-state index contributed by atoms with van der Waals surface area (Å²) in [6.07, 6.45) is 0.685. The summed E-state index contributed by atoms with van der Waals surface area (Å²) >= 11 is 0. The molecule has 3 aromatic carbocycles.